The van der Waals surface area contributed by atoms with Crippen molar-refractivity contribution in [2.45, 2.75) is 45.1 Å². The number of para-hydroxylation sites is 1. The van der Waals surface area contributed by atoms with E-state index in [1.165, 1.54) is 22.4 Å². The Morgan fingerprint density at radius 1 is 1.03 bits per heavy atom. The first kappa shape index (κ1) is 20.6. The van der Waals surface area contributed by atoms with E-state index in [9.17, 15) is 9.59 Å². The number of aryl methyl sites for hydroxylation is 3. The number of carbonyl (C=O) groups is 1. The van der Waals surface area contributed by atoms with E-state index < -0.39 is 0 Å². The standard InChI is InChI=1S/C26H25N3O2S/c30-23(28-21-12-6-4-10-19(21)16-18-8-2-1-3-9-18)14-15-29-17-27-25-24(26(29)31)20-11-5-7-13-22(20)32-25/h1-4,6,8-10,12,17H,5,7,11,13-16H2,(H,28,30). The second-order valence-corrected chi connectivity index (χ2v) is 9.34. The predicted octanol–water partition coefficient (Wildman–Crippen LogP) is 4.96. The fourth-order valence-electron chi connectivity index (χ4n) is 4.39. The Balaban J connectivity index is 1.29. The molecule has 0 saturated heterocycles. The van der Waals surface area contributed by atoms with Gasteiger partial charge in [-0.2, -0.15) is 0 Å². The zero-order valence-corrected chi connectivity index (χ0v) is 18.7. The van der Waals surface area contributed by atoms with E-state index in [4.69, 9.17) is 0 Å². The summed E-state index contributed by atoms with van der Waals surface area (Å²) in [6.07, 6.45) is 6.86. The lowest BCUT2D eigenvalue weighted by molar-refractivity contribution is -0.116. The van der Waals surface area contributed by atoms with Gasteiger partial charge >= 0.3 is 0 Å². The van der Waals surface area contributed by atoms with Crippen molar-refractivity contribution < 1.29 is 4.79 Å². The summed E-state index contributed by atoms with van der Waals surface area (Å²) in [6.45, 7) is 0.319. The Hall–Kier alpha value is -3.25. The van der Waals surface area contributed by atoms with Crippen molar-refractivity contribution in [2.24, 2.45) is 0 Å². The number of nitrogens with one attached hydrogen (secondary N) is 1. The average molecular weight is 444 g/mol. The van der Waals surface area contributed by atoms with Gasteiger partial charge in [0.1, 0.15) is 4.83 Å². The second-order valence-electron chi connectivity index (χ2n) is 8.25. The minimum Gasteiger partial charge on any atom is -0.326 e. The summed E-state index contributed by atoms with van der Waals surface area (Å²) < 4.78 is 1.58. The molecule has 0 aliphatic heterocycles. The number of aromatic nitrogens is 2. The Labute approximate surface area is 190 Å². The van der Waals surface area contributed by atoms with E-state index in [-0.39, 0.29) is 17.9 Å². The predicted molar refractivity (Wildman–Crippen MR) is 129 cm³/mol. The minimum atomic E-state index is -0.107. The average Bonchev–Trinajstić information content (AvgIpc) is 3.20. The van der Waals surface area contributed by atoms with Crippen LogP contribution in [0.4, 0.5) is 5.69 Å². The molecule has 6 heteroatoms. The summed E-state index contributed by atoms with van der Waals surface area (Å²) in [6, 6.07) is 18.1. The molecule has 162 valence electrons. The van der Waals surface area contributed by atoms with Crippen LogP contribution in [-0.4, -0.2) is 15.5 Å². The van der Waals surface area contributed by atoms with Crippen LogP contribution in [0.3, 0.4) is 0 Å². The van der Waals surface area contributed by atoms with Crippen molar-refractivity contribution in [3.8, 4) is 0 Å². The van der Waals surface area contributed by atoms with Gasteiger partial charge in [0.25, 0.3) is 5.56 Å². The van der Waals surface area contributed by atoms with Crippen LogP contribution in [0, 0.1) is 0 Å². The van der Waals surface area contributed by atoms with Crippen LogP contribution in [-0.2, 0) is 30.6 Å². The lowest BCUT2D eigenvalue weighted by Gasteiger charge is -2.12. The maximum Gasteiger partial charge on any atom is 0.262 e. The zero-order chi connectivity index (χ0) is 21.9. The Morgan fingerprint density at radius 2 is 1.81 bits per heavy atom. The number of nitrogens with zero attached hydrogens (tertiary/aromatic N) is 2. The van der Waals surface area contributed by atoms with E-state index in [1.807, 2.05) is 42.5 Å². The van der Waals surface area contributed by atoms with Crippen LogP contribution < -0.4 is 10.9 Å². The summed E-state index contributed by atoms with van der Waals surface area (Å²) in [5.41, 5.74) is 4.24. The van der Waals surface area contributed by atoms with Crippen molar-refractivity contribution >= 4 is 33.1 Å². The first-order valence-corrected chi connectivity index (χ1v) is 11.9. The van der Waals surface area contributed by atoms with Gasteiger partial charge in [-0.1, -0.05) is 48.5 Å². The van der Waals surface area contributed by atoms with E-state index in [0.29, 0.717) is 6.54 Å². The fourth-order valence-corrected chi connectivity index (χ4v) is 5.61. The largest absolute Gasteiger partial charge is 0.326 e. The van der Waals surface area contributed by atoms with Gasteiger partial charge in [0.15, 0.2) is 0 Å². The molecule has 1 aliphatic rings. The van der Waals surface area contributed by atoms with Crippen LogP contribution in [0.5, 0.6) is 0 Å². The molecule has 0 bridgehead atoms. The maximum atomic E-state index is 13.1. The quantitative estimate of drug-likeness (QED) is 0.458. The van der Waals surface area contributed by atoms with Crippen LogP contribution in [0.2, 0.25) is 0 Å². The number of carbonyl (C=O) groups excluding carboxylic acids is 1. The number of amides is 1. The molecule has 4 aromatic rings. The fraction of sp³-hybridized carbons (Fsp3) is 0.269. The Kier molecular flexibility index (Phi) is 5.86. The molecule has 0 saturated carbocycles. The van der Waals surface area contributed by atoms with Gasteiger partial charge < -0.3 is 5.32 Å². The van der Waals surface area contributed by atoms with Gasteiger partial charge in [0.05, 0.1) is 11.7 Å². The molecule has 1 N–H and O–H groups in total. The first-order valence-electron chi connectivity index (χ1n) is 11.1. The van der Waals surface area contributed by atoms with Gasteiger partial charge in [-0.15, -0.1) is 11.3 Å². The number of rotatable bonds is 6. The number of fused-ring (bicyclic) bond motifs is 3. The van der Waals surface area contributed by atoms with E-state index >= 15 is 0 Å². The SMILES string of the molecule is O=C(CCn1cnc2sc3c(c2c1=O)CCCC3)Nc1ccccc1Cc1ccccc1. The molecule has 1 amide bonds. The van der Waals surface area contributed by atoms with Crippen LogP contribution in [0.25, 0.3) is 10.2 Å². The molecular formula is C26H25N3O2S. The summed E-state index contributed by atoms with van der Waals surface area (Å²) >= 11 is 1.65. The third-order valence-corrected chi connectivity index (χ3v) is 7.25. The second kappa shape index (κ2) is 9.09. The highest BCUT2D eigenvalue weighted by atomic mass is 32.1. The minimum absolute atomic E-state index is 0.0216. The highest BCUT2D eigenvalue weighted by Crippen LogP contribution is 2.33. The van der Waals surface area contributed by atoms with Crippen molar-refractivity contribution in [2.75, 3.05) is 5.32 Å². The van der Waals surface area contributed by atoms with Crippen molar-refractivity contribution in [1.29, 1.82) is 0 Å². The molecule has 2 aromatic carbocycles. The molecule has 0 fully saturated rings. The molecule has 32 heavy (non-hydrogen) atoms. The van der Waals surface area contributed by atoms with Crippen molar-refractivity contribution in [3.63, 3.8) is 0 Å². The van der Waals surface area contributed by atoms with E-state index in [1.54, 1.807) is 22.2 Å². The highest BCUT2D eigenvalue weighted by molar-refractivity contribution is 7.18. The van der Waals surface area contributed by atoms with Gasteiger partial charge in [0, 0.05) is 23.5 Å². The zero-order valence-electron chi connectivity index (χ0n) is 17.8. The van der Waals surface area contributed by atoms with Crippen molar-refractivity contribution in [3.05, 3.63) is 92.8 Å². The molecule has 2 heterocycles. The summed E-state index contributed by atoms with van der Waals surface area (Å²) in [5, 5.41) is 3.79. The number of hydrogen-bond acceptors (Lipinski definition) is 4. The Morgan fingerprint density at radius 3 is 2.69 bits per heavy atom. The van der Waals surface area contributed by atoms with E-state index in [2.05, 4.69) is 22.4 Å². The maximum absolute atomic E-state index is 13.1. The van der Waals surface area contributed by atoms with Gasteiger partial charge in [-0.05, 0) is 54.9 Å². The summed E-state index contributed by atoms with van der Waals surface area (Å²) in [4.78, 5) is 32.4. The monoisotopic (exact) mass is 443 g/mol. The molecule has 2 aromatic heterocycles. The lowest BCUT2D eigenvalue weighted by atomic mass is 9.97. The number of anilines is 1. The smallest absolute Gasteiger partial charge is 0.262 e. The Bertz CT molecular complexity index is 1320. The van der Waals surface area contributed by atoms with Crippen LogP contribution in [0.15, 0.2) is 65.7 Å². The number of benzene rings is 2. The molecule has 0 spiro atoms. The molecule has 5 nitrogen and oxygen atoms in total. The lowest BCUT2D eigenvalue weighted by Crippen LogP contribution is -2.24. The van der Waals surface area contributed by atoms with Crippen LogP contribution in [0.1, 0.15) is 40.8 Å². The third-order valence-electron chi connectivity index (χ3n) is 6.05. The molecule has 0 radical (unpaired) electrons. The van der Waals surface area contributed by atoms with Crippen molar-refractivity contribution in [1.82, 2.24) is 9.55 Å². The van der Waals surface area contributed by atoms with Crippen LogP contribution >= 0.6 is 11.3 Å². The summed E-state index contributed by atoms with van der Waals surface area (Å²) in [5.74, 6) is -0.107. The summed E-state index contributed by atoms with van der Waals surface area (Å²) in [7, 11) is 0. The van der Waals surface area contributed by atoms with Gasteiger partial charge in [-0.25, -0.2) is 4.98 Å². The topological polar surface area (TPSA) is 64.0 Å². The number of thiophene rings is 1. The normalized spacial score (nSPS) is 13.1. The first-order chi connectivity index (χ1) is 15.7. The molecule has 0 unspecified atom stereocenters. The highest BCUT2D eigenvalue weighted by Gasteiger charge is 2.20. The molecule has 0 atom stereocenters. The molecular weight excluding hydrogens is 418 g/mol. The molecule has 1 aliphatic carbocycles. The number of hydrogen-bond donors (Lipinski definition) is 1. The van der Waals surface area contributed by atoms with E-state index in [0.717, 1.165) is 47.2 Å². The molecule has 5 rings (SSSR count). The third kappa shape index (κ3) is 4.23. The van der Waals surface area contributed by atoms with Gasteiger partial charge in [0.2, 0.25) is 5.91 Å². The van der Waals surface area contributed by atoms with Gasteiger partial charge in [-0.3, -0.25) is 14.2 Å².